The lowest BCUT2D eigenvalue weighted by Crippen LogP contribution is -2.19. The largest absolute Gasteiger partial charge is 0.325 e. The summed E-state index contributed by atoms with van der Waals surface area (Å²) in [5.74, 6) is 0.534. The van der Waals surface area contributed by atoms with Gasteiger partial charge >= 0.3 is 0 Å². The van der Waals surface area contributed by atoms with Crippen LogP contribution in [0.4, 0.5) is 15.9 Å². The molecule has 2 aromatic rings. The van der Waals surface area contributed by atoms with Gasteiger partial charge in [0.15, 0.2) is 5.82 Å². The Morgan fingerprint density at radius 2 is 1.90 bits per heavy atom. The van der Waals surface area contributed by atoms with Crippen LogP contribution in [0.3, 0.4) is 0 Å². The fourth-order valence-electron chi connectivity index (χ4n) is 1.96. The van der Waals surface area contributed by atoms with Crippen LogP contribution in [0.1, 0.15) is 19.5 Å². The number of hydrogen-bond donors (Lipinski definition) is 1. The topological polar surface area (TPSA) is 41.1 Å². The maximum Gasteiger partial charge on any atom is 0.151 e. The van der Waals surface area contributed by atoms with Crippen LogP contribution in [0, 0.1) is 5.82 Å². The molecule has 0 aliphatic rings. The number of halogens is 1. The van der Waals surface area contributed by atoms with E-state index in [1.165, 1.54) is 12.1 Å². The second-order valence-electron chi connectivity index (χ2n) is 4.37. The van der Waals surface area contributed by atoms with Crippen molar-refractivity contribution in [1.82, 2.24) is 15.3 Å². The number of rotatable bonds is 6. The minimum atomic E-state index is -0.239. The van der Waals surface area contributed by atoms with E-state index in [4.69, 9.17) is 0 Å². The molecule has 0 radical (unpaired) electrons. The second kappa shape index (κ2) is 6.96. The highest BCUT2D eigenvalue weighted by atomic mass is 19.1. The van der Waals surface area contributed by atoms with Gasteiger partial charge in [-0.05, 0) is 37.7 Å². The molecule has 5 heteroatoms. The Balaban J connectivity index is 2.24. The fraction of sp³-hybridized carbons (Fsp3) is 0.333. The lowest BCUT2D eigenvalue weighted by Gasteiger charge is -2.22. The standard InChI is InChI=1S/C15H19FN4/c1-3-17-9-13-10-18-11-15(19-13)20(4-2)14-7-5-12(16)6-8-14/h5-8,10-11,17H,3-4,9H2,1-2H3. The first-order chi connectivity index (χ1) is 9.74. The third-order valence-corrected chi connectivity index (χ3v) is 2.96. The summed E-state index contributed by atoms with van der Waals surface area (Å²) in [6.07, 6.45) is 3.48. The SMILES string of the molecule is CCNCc1cncc(N(CC)c2ccc(F)cc2)n1. The van der Waals surface area contributed by atoms with E-state index in [2.05, 4.69) is 15.3 Å². The minimum absolute atomic E-state index is 0.239. The highest BCUT2D eigenvalue weighted by Crippen LogP contribution is 2.22. The number of nitrogens with zero attached hydrogens (tertiary/aromatic N) is 3. The van der Waals surface area contributed by atoms with Crippen molar-refractivity contribution in [1.29, 1.82) is 0 Å². The van der Waals surface area contributed by atoms with Gasteiger partial charge in [-0.2, -0.15) is 0 Å². The summed E-state index contributed by atoms with van der Waals surface area (Å²) in [6, 6.07) is 6.40. The first kappa shape index (κ1) is 14.4. The summed E-state index contributed by atoms with van der Waals surface area (Å²) >= 11 is 0. The van der Waals surface area contributed by atoms with Crippen LogP contribution in [-0.2, 0) is 6.54 Å². The number of nitrogens with one attached hydrogen (secondary N) is 1. The zero-order chi connectivity index (χ0) is 14.4. The molecule has 1 heterocycles. The van der Waals surface area contributed by atoms with Crippen molar-refractivity contribution in [3.05, 3.63) is 48.2 Å². The number of hydrogen-bond acceptors (Lipinski definition) is 4. The first-order valence-corrected chi connectivity index (χ1v) is 6.79. The minimum Gasteiger partial charge on any atom is -0.325 e. The van der Waals surface area contributed by atoms with Crippen molar-refractivity contribution in [2.45, 2.75) is 20.4 Å². The van der Waals surface area contributed by atoms with E-state index in [0.29, 0.717) is 6.54 Å². The molecule has 0 saturated carbocycles. The smallest absolute Gasteiger partial charge is 0.151 e. The van der Waals surface area contributed by atoms with Crippen LogP contribution in [0.25, 0.3) is 0 Å². The van der Waals surface area contributed by atoms with Gasteiger partial charge in [0.05, 0.1) is 11.9 Å². The van der Waals surface area contributed by atoms with Crippen LogP contribution < -0.4 is 10.2 Å². The van der Waals surface area contributed by atoms with Crippen molar-refractivity contribution >= 4 is 11.5 Å². The second-order valence-corrected chi connectivity index (χ2v) is 4.37. The maximum atomic E-state index is 13.0. The van der Waals surface area contributed by atoms with Crippen molar-refractivity contribution in [3.63, 3.8) is 0 Å². The van der Waals surface area contributed by atoms with Gasteiger partial charge in [-0.3, -0.25) is 4.98 Å². The molecule has 0 saturated heterocycles. The molecule has 20 heavy (non-hydrogen) atoms. The van der Waals surface area contributed by atoms with E-state index in [1.54, 1.807) is 24.5 Å². The van der Waals surface area contributed by atoms with E-state index < -0.39 is 0 Å². The maximum absolute atomic E-state index is 13.0. The van der Waals surface area contributed by atoms with E-state index >= 15 is 0 Å². The van der Waals surface area contributed by atoms with Gasteiger partial charge in [0, 0.05) is 25.0 Å². The van der Waals surface area contributed by atoms with Crippen molar-refractivity contribution in [3.8, 4) is 0 Å². The van der Waals surface area contributed by atoms with E-state index in [-0.39, 0.29) is 5.82 Å². The molecule has 0 atom stereocenters. The van der Waals surface area contributed by atoms with Gasteiger partial charge in [0.2, 0.25) is 0 Å². The van der Waals surface area contributed by atoms with Crippen LogP contribution in [-0.4, -0.2) is 23.1 Å². The molecule has 0 aliphatic heterocycles. The van der Waals surface area contributed by atoms with Gasteiger partial charge in [0.25, 0.3) is 0 Å². The Kier molecular flexibility index (Phi) is 5.01. The Hall–Kier alpha value is -2.01. The van der Waals surface area contributed by atoms with Gasteiger partial charge < -0.3 is 10.2 Å². The first-order valence-electron chi connectivity index (χ1n) is 6.79. The predicted molar refractivity (Wildman–Crippen MR) is 78.5 cm³/mol. The van der Waals surface area contributed by atoms with Gasteiger partial charge in [-0.15, -0.1) is 0 Å². The Bertz CT molecular complexity index is 542. The average Bonchev–Trinajstić information content (AvgIpc) is 2.48. The fourth-order valence-corrected chi connectivity index (χ4v) is 1.96. The summed E-state index contributed by atoms with van der Waals surface area (Å²) in [4.78, 5) is 10.8. The molecule has 2 rings (SSSR count). The summed E-state index contributed by atoms with van der Waals surface area (Å²) in [5.41, 5.74) is 1.80. The third-order valence-electron chi connectivity index (χ3n) is 2.96. The van der Waals surface area contributed by atoms with E-state index in [9.17, 15) is 4.39 Å². The normalized spacial score (nSPS) is 10.6. The number of anilines is 2. The zero-order valence-corrected chi connectivity index (χ0v) is 11.8. The molecule has 4 nitrogen and oxygen atoms in total. The summed E-state index contributed by atoms with van der Waals surface area (Å²) in [6.45, 7) is 6.40. The van der Waals surface area contributed by atoms with Gasteiger partial charge in [-0.25, -0.2) is 9.37 Å². The number of benzene rings is 1. The molecule has 1 aromatic carbocycles. The molecule has 0 amide bonds. The molecule has 1 N–H and O–H groups in total. The van der Waals surface area contributed by atoms with Gasteiger partial charge in [0.1, 0.15) is 5.82 Å². The van der Waals surface area contributed by atoms with Crippen LogP contribution in [0.5, 0.6) is 0 Å². The van der Waals surface area contributed by atoms with Gasteiger partial charge in [-0.1, -0.05) is 6.92 Å². The van der Waals surface area contributed by atoms with E-state index in [1.807, 2.05) is 18.7 Å². The average molecular weight is 274 g/mol. The lowest BCUT2D eigenvalue weighted by atomic mass is 10.2. The molecule has 0 spiro atoms. The van der Waals surface area contributed by atoms with Crippen LogP contribution in [0.2, 0.25) is 0 Å². The molecule has 1 aromatic heterocycles. The Morgan fingerprint density at radius 1 is 1.15 bits per heavy atom. The van der Waals surface area contributed by atoms with Crippen molar-refractivity contribution in [2.24, 2.45) is 0 Å². The summed E-state index contributed by atoms with van der Waals surface area (Å²) in [7, 11) is 0. The van der Waals surface area contributed by atoms with Crippen LogP contribution in [0.15, 0.2) is 36.7 Å². The molecular formula is C15H19FN4. The monoisotopic (exact) mass is 274 g/mol. The molecule has 106 valence electrons. The number of aromatic nitrogens is 2. The molecular weight excluding hydrogens is 255 g/mol. The molecule has 0 aliphatic carbocycles. The molecule has 0 fully saturated rings. The zero-order valence-electron chi connectivity index (χ0n) is 11.8. The predicted octanol–water partition coefficient (Wildman–Crippen LogP) is 2.88. The summed E-state index contributed by atoms with van der Waals surface area (Å²) < 4.78 is 13.0. The quantitative estimate of drug-likeness (QED) is 0.879. The summed E-state index contributed by atoms with van der Waals surface area (Å²) in [5, 5.41) is 3.23. The highest BCUT2D eigenvalue weighted by Gasteiger charge is 2.10. The Labute approximate surface area is 118 Å². The highest BCUT2D eigenvalue weighted by molar-refractivity contribution is 5.58. The van der Waals surface area contributed by atoms with Crippen LogP contribution >= 0.6 is 0 Å². The molecule has 0 unspecified atom stereocenters. The lowest BCUT2D eigenvalue weighted by molar-refractivity contribution is 0.627. The molecule has 0 bridgehead atoms. The van der Waals surface area contributed by atoms with Crippen molar-refractivity contribution in [2.75, 3.05) is 18.0 Å². The Morgan fingerprint density at radius 3 is 2.55 bits per heavy atom. The van der Waals surface area contributed by atoms with E-state index in [0.717, 1.165) is 30.3 Å². The third kappa shape index (κ3) is 3.51. The van der Waals surface area contributed by atoms with Crippen molar-refractivity contribution < 1.29 is 4.39 Å².